The number of carbonyl (C=O) groups excluding carboxylic acids is 1. The van der Waals surface area contributed by atoms with Crippen molar-refractivity contribution in [2.45, 2.75) is 32.1 Å². The molecule has 1 unspecified atom stereocenters. The number of nitrogens with two attached hydrogens (primary N) is 1. The standard InChI is InChI=1S/C9H16NO/c10-6-9(7-11)8-4-2-1-3-5-8/h8-9H,1-6,10H2. The van der Waals surface area contributed by atoms with E-state index in [0.717, 1.165) is 0 Å². The van der Waals surface area contributed by atoms with E-state index in [1.54, 1.807) is 0 Å². The molecule has 0 amide bonds. The van der Waals surface area contributed by atoms with Crippen LogP contribution in [-0.4, -0.2) is 12.8 Å². The van der Waals surface area contributed by atoms with Gasteiger partial charge in [-0.15, -0.1) is 0 Å². The third kappa shape index (κ3) is 2.29. The van der Waals surface area contributed by atoms with Crippen molar-refractivity contribution in [3.8, 4) is 0 Å². The van der Waals surface area contributed by atoms with Gasteiger partial charge in [0.25, 0.3) is 0 Å². The first kappa shape index (κ1) is 8.72. The Morgan fingerprint density at radius 2 is 2.00 bits per heavy atom. The van der Waals surface area contributed by atoms with E-state index in [1.165, 1.54) is 32.1 Å². The zero-order valence-corrected chi connectivity index (χ0v) is 6.88. The van der Waals surface area contributed by atoms with Crippen molar-refractivity contribution in [1.29, 1.82) is 0 Å². The Morgan fingerprint density at radius 1 is 1.36 bits per heavy atom. The summed E-state index contributed by atoms with van der Waals surface area (Å²) in [7, 11) is 0. The smallest absolute Gasteiger partial charge is 0.203 e. The van der Waals surface area contributed by atoms with Gasteiger partial charge in [-0.3, -0.25) is 4.79 Å². The summed E-state index contributed by atoms with van der Waals surface area (Å²) in [5, 5.41) is 0. The second-order valence-corrected chi connectivity index (χ2v) is 3.36. The maximum absolute atomic E-state index is 10.4. The van der Waals surface area contributed by atoms with Crippen LogP contribution >= 0.6 is 0 Å². The fourth-order valence-electron chi connectivity index (χ4n) is 1.87. The quantitative estimate of drug-likeness (QED) is 0.664. The van der Waals surface area contributed by atoms with Crippen molar-refractivity contribution in [1.82, 2.24) is 0 Å². The van der Waals surface area contributed by atoms with E-state index in [-0.39, 0.29) is 5.92 Å². The maximum atomic E-state index is 10.4. The van der Waals surface area contributed by atoms with Gasteiger partial charge in [-0.2, -0.15) is 0 Å². The zero-order valence-electron chi connectivity index (χ0n) is 6.88. The first-order valence-electron chi connectivity index (χ1n) is 4.46. The highest BCUT2D eigenvalue weighted by Crippen LogP contribution is 2.28. The first-order valence-corrected chi connectivity index (χ1v) is 4.46. The second-order valence-electron chi connectivity index (χ2n) is 3.36. The van der Waals surface area contributed by atoms with Gasteiger partial charge in [0.15, 0.2) is 0 Å². The van der Waals surface area contributed by atoms with Crippen molar-refractivity contribution in [2.75, 3.05) is 6.54 Å². The van der Waals surface area contributed by atoms with E-state index >= 15 is 0 Å². The average molecular weight is 154 g/mol. The van der Waals surface area contributed by atoms with Crippen LogP contribution in [0.2, 0.25) is 0 Å². The molecule has 63 valence electrons. The van der Waals surface area contributed by atoms with Gasteiger partial charge < -0.3 is 5.73 Å². The zero-order chi connectivity index (χ0) is 8.10. The topological polar surface area (TPSA) is 43.1 Å². The highest BCUT2D eigenvalue weighted by Gasteiger charge is 2.22. The molecule has 1 saturated carbocycles. The summed E-state index contributed by atoms with van der Waals surface area (Å²) >= 11 is 0. The molecule has 1 atom stereocenters. The number of hydrogen-bond donors (Lipinski definition) is 1. The van der Waals surface area contributed by atoms with Gasteiger partial charge in [0.1, 0.15) is 0 Å². The molecule has 0 aliphatic heterocycles. The highest BCUT2D eigenvalue weighted by atomic mass is 16.1. The lowest BCUT2D eigenvalue weighted by atomic mass is 9.81. The summed E-state index contributed by atoms with van der Waals surface area (Å²) in [6, 6.07) is 0. The minimum atomic E-state index is 0.00954. The van der Waals surface area contributed by atoms with E-state index < -0.39 is 0 Å². The fraction of sp³-hybridized carbons (Fsp3) is 0.889. The predicted octanol–water partition coefficient (Wildman–Crippen LogP) is 1.25. The minimum Gasteiger partial charge on any atom is -0.330 e. The van der Waals surface area contributed by atoms with E-state index in [1.807, 2.05) is 6.29 Å². The SMILES string of the molecule is NCC([C]=O)C1CCCCC1. The normalized spacial score (nSPS) is 23.0. The summed E-state index contributed by atoms with van der Waals surface area (Å²) in [6.07, 6.45) is 8.26. The molecular formula is C9H16NO. The molecule has 2 heteroatoms. The summed E-state index contributed by atoms with van der Waals surface area (Å²) in [5.41, 5.74) is 5.45. The summed E-state index contributed by atoms with van der Waals surface area (Å²) in [5.74, 6) is 0.543. The van der Waals surface area contributed by atoms with Crippen molar-refractivity contribution < 1.29 is 4.79 Å². The van der Waals surface area contributed by atoms with Crippen molar-refractivity contribution in [3.05, 3.63) is 0 Å². The van der Waals surface area contributed by atoms with Crippen molar-refractivity contribution in [2.24, 2.45) is 17.6 Å². The summed E-state index contributed by atoms with van der Waals surface area (Å²) in [6.45, 7) is 0.480. The lowest BCUT2D eigenvalue weighted by Crippen LogP contribution is -2.26. The Bertz CT molecular complexity index is 119. The molecule has 2 nitrogen and oxygen atoms in total. The Kier molecular flexibility index (Phi) is 3.57. The molecule has 1 rings (SSSR count). The van der Waals surface area contributed by atoms with Crippen LogP contribution in [0.1, 0.15) is 32.1 Å². The van der Waals surface area contributed by atoms with E-state index in [9.17, 15) is 4.79 Å². The van der Waals surface area contributed by atoms with Crippen LogP contribution in [0.25, 0.3) is 0 Å². The maximum Gasteiger partial charge on any atom is 0.203 e. The molecule has 0 aromatic rings. The molecule has 0 aromatic heterocycles. The van der Waals surface area contributed by atoms with Gasteiger partial charge >= 0.3 is 0 Å². The van der Waals surface area contributed by atoms with Gasteiger partial charge in [-0.1, -0.05) is 19.3 Å². The van der Waals surface area contributed by atoms with E-state index in [4.69, 9.17) is 5.73 Å². The molecular weight excluding hydrogens is 138 g/mol. The van der Waals surface area contributed by atoms with Crippen LogP contribution in [0.3, 0.4) is 0 Å². The van der Waals surface area contributed by atoms with Gasteiger partial charge in [0.2, 0.25) is 6.29 Å². The molecule has 0 saturated heterocycles. The number of hydrogen-bond acceptors (Lipinski definition) is 2. The number of rotatable bonds is 3. The van der Waals surface area contributed by atoms with E-state index in [0.29, 0.717) is 12.5 Å². The first-order chi connectivity index (χ1) is 5.38. The largest absolute Gasteiger partial charge is 0.330 e. The van der Waals surface area contributed by atoms with Crippen molar-refractivity contribution >= 4 is 6.29 Å². The van der Waals surface area contributed by atoms with Crippen LogP contribution in [0.15, 0.2) is 0 Å². The van der Waals surface area contributed by atoms with Crippen LogP contribution in [0.4, 0.5) is 0 Å². The second kappa shape index (κ2) is 4.50. The van der Waals surface area contributed by atoms with Crippen molar-refractivity contribution in [3.63, 3.8) is 0 Å². The monoisotopic (exact) mass is 154 g/mol. The Morgan fingerprint density at radius 3 is 2.45 bits per heavy atom. The molecule has 1 fully saturated rings. The highest BCUT2D eigenvalue weighted by molar-refractivity contribution is 5.55. The third-order valence-electron chi connectivity index (χ3n) is 2.62. The Hall–Kier alpha value is -0.370. The van der Waals surface area contributed by atoms with E-state index in [2.05, 4.69) is 0 Å². The predicted molar refractivity (Wildman–Crippen MR) is 44.8 cm³/mol. The molecule has 1 radical (unpaired) electrons. The molecule has 0 bridgehead atoms. The lowest BCUT2D eigenvalue weighted by molar-refractivity contribution is 0.296. The van der Waals surface area contributed by atoms with Gasteiger partial charge in [0.05, 0.1) is 0 Å². The summed E-state index contributed by atoms with van der Waals surface area (Å²) < 4.78 is 0. The van der Waals surface area contributed by atoms with Gasteiger partial charge in [-0.05, 0) is 18.8 Å². The van der Waals surface area contributed by atoms with Crippen LogP contribution in [0, 0.1) is 11.8 Å². The molecule has 0 aromatic carbocycles. The molecule has 0 heterocycles. The van der Waals surface area contributed by atoms with Crippen LogP contribution in [-0.2, 0) is 4.79 Å². The average Bonchev–Trinajstić information content (AvgIpc) is 2.09. The van der Waals surface area contributed by atoms with Crippen LogP contribution < -0.4 is 5.73 Å². The molecule has 1 aliphatic carbocycles. The summed E-state index contributed by atoms with van der Waals surface area (Å²) in [4.78, 5) is 10.4. The molecule has 2 N–H and O–H groups in total. The Balaban J connectivity index is 2.35. The molecule has 0 spiro atoms. The van der Waals surface area contributed by atoms with Gasteiger partial charge in [-0.25, -0.2) is 0 Å². The Labute approximate surface area is 68.2 Å². The third-order valence-corrected chi connectivity index (χ3v) is 2.62. The lowest BCUT2D eigenvalue weighted by Gasteiger charge is -2.24. The molecule has 1 aliphatic rings. The molecule has 11 heavy (non-hydrogen) atoms. The van der Waals surface area contributed by atoms with Crippen LogP contribution in [0.5, 0.6) is 0 Å². The minimum absolute atomic E-state index is 0.00954. The fourth-order valence-corrected chi connectivity index (χ4v) is 1.87. The van der Waals surface area contributed by atoms with Gasteiger partial charge in [0, 0.05) is 12.5 Å².